The van der Waals surface area contributed by atoms with Crippen molar-refractivity contribution in [1.82, 2.24) is 14.5 Å². The minimum absolute atomic E-state index is 0.0319. The van der Waals surface area contributed by atoms with Gasteiger partial charge in [0.05, 0.1) is 23.7 Å². The normalized spacial score (nSPS) is 16.9. The van der Waals surface area contributed by atoms with Crippen LogP contribution in [0.1, 0.15) is 91.9 Å². The number of ether oxygens (including phenoxy) is 2. The molecule has 0 aliphatic carbocycles. The number of imide groups is 1. The highest BCUT2D eigenvalue weighted by Gasteiger charge is 2.53. The van der Waals surface area contributed by atoms with E-state index < -0.39 is 35.1 Å². The fourth-order valence-corrected chi connectivity index (χ4v) is 6.66. The minimum atomic E-state index is -1.63. The van der Waals surface area contributed by atoms with Gasteiger partial charge in [-0.05, 0) is 68.4 Å². The highest BCUT2D eigenvalue weighted by atomic mass is 35.5. The predicted molar refractivity (Wildman–Crippen MR) is 184 cm³/mol. The standard InChI is InChI=1S/C36H47ClN4O6/c1-8-12-22(3)16-17-24(23(4)13-9-2)21-40-28-19-18-25(37)20-26(28)32(42)39-31(40)30(41-34(44)36(5,6)47-35(41)45)33(43)38-27-14-10-11-15-29(27)46-7/h10-11,14-15,18-20,22-24,30H,8-9,12-13,16-17,21H2,1-7H3,(H,38,43). The molecule has 4 rings (SSSR count). The molecule has 0 bridgehead atoms. The summed E-state index contributed by atoms with van der Waals surface area (Å²) in [5.41, 5.74) is -1.32. The van der Waals surface area contributed by atoms with E-state index in [1.54, 1.807) is 42.5 Å². The molecule has 1 aromatic heterocycles. The van der Waals surface area contributed by atoms with Gasteiger partial charge in [0.1, 0.15) is 11.6 Å². The van der Waals surface area contributed by atoms with Gasteiger partial charge in [0.15, 0.2) is 11.6 Å². The first-order valence-corrected chi connectivity index (χ1v) is 16.9. The Bertz CT molecular complexity index is 1670. The van der Waals surface area contributed by atoms with E-state index in [0.29, 0.717) is 40.4 Å². The zero-order chi connectivity index (χ0) is 34.5. The number of fused-ring (bicyclic) bond motifs is 1. The van der Waals surface area contributed by atoms with Crippen molar-refractivity contribution in [1.29, 1.82) is 0 Å². The SMILES string of the molecule is CCCC(C)CCC(Cn1c(C(C(=O)Nc2ccccc2OC)N2C(=O)OC(C)(C)C2=O)nc(=O)c2cc(Cl)ccc21)C(C)CCC. The van der Waals surface area contributed by atoms with E-state index in [4.69, 9.17) is 21.1 Å². The van der Waals surface area contributed by atoms with Crippen LogP contribution in [0, 0.1) is 17.8 Å². The number of nitrogens with one attached hydrogen (secondary N) is 1. The van der Waals surface area contributed by atoms with Crippen LogP contribution in [0.5, 0.6) is 5.75 Å². The Hall–Kier alpha value is -3.92. The molecule has 0 spiro atoms. The van der Waals surface area contributed by atoms with E-state index in [1.165, 1.54) is 21.0 Å². The summed E-state index contributed by atoms with van der Waals surface area (Å²) >= 11 is 6.33. The first kappa shape index (κ1) is 35.9. The number of aromatic nitrogens is 2. The van der Waals surface area contributed by atoms with Gasteiger partial charge < -0.3 is 19.4 Å². The Morgan fingerprint density at radius 1 is 1.02 bits per heavy atom. The molecule has 1 aliphatic heterocycles. The number of rotatable bonds is 15. The number of carbonyl (C=O) groups is 3. The van der Waals surface area contributed by atoms with Crippen molar-refractivity contribution in [2.75, 3.05) is 12.4 Å². The summed E-state index contributed by atoms with van der Waals surface area (Å²) < 4.78 is 12.7. The third kappa shape index (κ3) is 7.97. The van der Waals surface area contributed by atoms with Crippen LogP contribution < -0.4 is 15.6 Å². The van der Waals surface area contributed by atoms with Gasteiger partial charge >= 0.3 is 6.09 Å². The molecule has 254 valence electrons. The zero-order valence-corrected chi connectivity index (χ0v) is 29.2. The molecular weight excluding hydrogens is 620 g/mol. The van der Waals surface area contributed by atoms with Crippen molar-refractivity contribution in [3.63, 3.8) is 0 Å². The number of para-hydroxylation sites is 2. The van der Waals surface area contributed by atoms with Gasteiger partial charge in [-0.1, -0.05) is 83.5 Å². The summed E-state index contributed by atoms with van der Waals surface area (Å²) in [5, 5.41) is 3.46. The highest BCUT2D eigenvalue weighted by Crippen LogP contribution is 2.36. The molecule has 3 amide bonds. The Morgan fingerprint density at radius 3 is 2.36 bits per heavy atom. The van der Waals surface area contributed by atoms with Crippen LogP contribution >= 0.6 is 11.6 Å². The number of anilines is 1. The number of halogens is 1. The van der Waals surface area contributed by atoms with Gasteiger partial charge in [-0.2, -0.15) is 4.98 Å². The minimum Gasteiger partial charge on any atom is -0.495 e. The second kappa shape index (κ2) is 15.3. The van der Waals surface area contributed by atoms with Crippen LogP contribution in [-0.4, -0.2) is 45.1 Å². The number of hydrogen-bond donors (Lipinski definition) is 1. The molecule has 47 heavy (non-hydrogen) atoms. The fourth-order valence-electron chi connectivity index (χ4n) is 6.49. The average Bonchev–Trinajstić information content (AvgIpc) is 3.22. The molecule has 1 N–H and O–H groups in total. The lowest BCUT2D eigenvalue weighted by atomic mass is 9.83. The number of cyclic esters (lactones) is 1. The first-order valence-electron chi connectivity index (χ1n) is 16.5. The molecule has 11 heteroatoms. The van der Waals surface area contributed by atoms with E-state index in [1.807, 2.05) is 4.57 Å². The molecule has 2 heterocycles. The second-order valence-electron chi connectivity index (χ2n) is 13.2. The molecule has 3 aromatic rings. The molecule has 1 fully saturated rings. The van der Waals surface area contributed by atoms with Gasteiger partial charge in [-0.15, -0.1) is 0 Å². The van der Waals surface area contributed by atoms with E-state index in [9.17, 15) is 19.2 Å². The van der Waals surface area contributed by atoms with Crippen molar-refractivity contribution in [3.8, 4) is 5.75 Å². The van der Waals surface area contributed by atoms with Crippen LogP contribution in [0.2, 0.25) is 5.02 Å². The Labute approximate surface area is 281 Å². The smallest absolute Gasteiger partial charge is 0.418 e. The maximum Gasteiger partial charge on any atom is 0.418 e. The molecule has 2 aromatic carbocycles. The lowest BCUT2D eigenvalue weighted by Gasteiger charge is -2.31. The highest BCUT2D eigenvalue weighted by molar-refractivity contribution is 6.31. The van der Waals surface area contributed by atoms with Crippen LogP contribution in [0.4, 0.5) is 10.5 Å². The van der Waals surface area contributed by atoms with Gasteiger partial charge in [-0.3, -0.25) is 14.4 Å². The maximum absolute atomic E-state index is 14.4. The second-order valence-corrected chi connectivity index (χ2v) is 13.6. The molecule has 4 unspecified atom stereocenters. The Kier molecular flexibility index (Phi) is 11.7. The number of benzene rings is 2. The number of carbonyl (C=O) groups excluding carboxylic acids is 3. The molecule has 1 aliphatic rings. The third-order valence-corrected chi connectivity index (χ3v) is 9.37. The molecular formula is C36H47ClN4O6. The van der Waals surface area contributed by atoms with Gasteiger partial charge in [0.25, 0.3) is 17.4 Å². The maximum atomic E-state index is 14.4. The van der Waals surface area contributed by atoms with Crippen molar-refractivity contribution in [2.45, 2.75) is 98.3 Å². The van der Waals surface area contributed by atoms with E-state index in [0.717, 1.165) is 43.4 Å². The number of methoxy groups -OCH3 is 1. The Balaban J connectivity index is 1.95. The number of hydrogen-bond acceptors (Lipinski definition) is 7. The fraction of sp³-hybridized carbons (Fsp3) is 0.528. The van der Waals surface area contributed by atoms with Gasteiger partial charge in [0.2, 0.25) is 0 Å². The van der Waals surface area contributed by atoms with Crippen molar-refractivity contribution in [2.24, 2.45) is 17.8 Å². The summed E-state index contributed by atoms with van der Waals surface area (Å²) in [6.07, 6.45) is 5.15. The van der Waals surface area contributed by atoms with Crippen LogP contribution in [0.15, 0.2) is 47.3 Å². The molecule has 4 atom stereocenters. The van der Waals surface area contributed by atoms with Crippen molar-refractivity contribution >= 4 is 46.1 Å². The quantitative estimate of drug-likeness (QED) is 0.176. The van der Waals surface area contributed by atoms with Crippen LogP contribution in [-0.2, 0) is 20.9 Å². The van der Waals surface area contributed by atoms with E-state index in [2.05, 4.69) is 38.0 Å². The lowest BCUT2D eigenvalue weighted by molar-refractivity contribution is -0.139. The summed E-state index contributed by atoms with van der Waals surface area (Å²) in [5.74, 6) is -0.130. The summed E-state index contributed by atoms with van der Waals surface area (Å²) in [7, 11) is 1.47. The largest absolute Gasteiger partial charge is 0.495 e. The zero-order valence-electron chi connectivity index (χ0n) is 28.5. The van der Waals surface area contributed by atoms with Crippen molar-refractivity contribution < 1.29 is 23.9 Å². The third-order valence-electron chi connectivity index (χ3n) is 9.14. The van der Waals surface area contributed by atoms with E-state index >= 15 is 0 Å². The van der Waals surface area contributed by atoms with Gasteiger partial charge in [0, 0.05) is 11.6 Å². The van der Waals surface area contributed by atoms with E-state index in [-0.39, 0.29) is 17.1 Å². The van der Waals surface area contributed by atoms with Crippen LogP contribution in [0.25, 0.3) is 10.9 Å². The molecule has 0 saturated carbocycles. The Morgan fingerprint density at radius 2 is 1.72 bits per heavy atom. The van der Waals surface area contributed by atoms with Gasteiger partial charge in [-0.25, -0.2) is 9.69 Å². The lowest BCUT2D eigenvalue weighted by Crippen LogP contribution is -2.45. The van der Waals surface area contributed by atoms with Crippen LogP contribution in [0.3, 0.4) is 0 Å². The monoisotopic (exact) mass is 666 g/mol. The summed E-state index contributed by atoms with van der Waals surface area (Å²) in [6.45, 7) is 12.2. The topological polar surface area (TPSA) is 120 Å². The molecule has 10 nitrogen and oxygen atoms in total. The first-order chi connectivity index (χ1) is 22.3. The summed E-state index contributed by atoms with van der Waals surface area (Å²) in [6, 6.07) is 10.1. The molecule has 0 radical (unpaired) electrons. The van der Waals surface area contributed by atoms with Crippen molar-refractivity contribution in [3.05, 3.63) is 63.7 Å². The number of amides is 3. The number of nitrogens with zero attached hydrogens (tertiary/aromatic N) is 3. The summed E-state index contributed by atoms with van der Waals surface area (Å²) in [4.78, 5) is 60.4. The molecule has 1 saturated heterocycles. The average molecular weight is 667 g/mol. The predicted octanol–water partition coefficient (Wildman–Crippen LogP) is 7.76.